The molecule has 1 unspecified atom stereocenters. The van der Waals surface area contributed by atoms with Crippen LogP contribution < -0.4 is 15.4 Å². The summed E-state index contributed by atoms with van der Waals surface area (Å²) in [4.78, 5) is 6.50. The van der Waals surface area contributed by atoms with Crippen LogP contribution in [0.3, 0.4) is 0 Å². The van der Waals surface area contributed by atoms with Crippen molar-refractivity contribution in [2.45, 2.75) is 19.2 Å². The molecule has 1 heterocycles. The fourth-order valence-corrected chi connectivity index (χ4v) is 3.49. The van der Waals surface area contributed by atoms with E-state index in [4.69, 9.17) is 4.74 Å². The maximum Gasteiger partial charge on any atom is 0.387 e. The number of nitrogens with one attached hydrogen (secondary N) is 2. The fourth-order valence-electron chi connectivity index (χ4n) is 3.49. The largest absolute Gasteiger partial charge is 0.434 e. The minimum atomic E-state index is -2.89. The lowest BCUT2D eigenvalue weighted by atomic mass is 10.0. The Morgan fingerprint density at radius 2 is 1.78 bits per heavy atom. The van der Waals surface area contributed by atoms with Gasteiger partial charge in [-0.15, -0.1) is 24.0 Å². The molecule has 1 aliphatic heterocycles. The van der Waals surface area contributed by atoms with Gasteiger partial charge < -0.3 is 20.1 Å². The van der Waals surface area contributed by atoms with Crippen molar-refractivity contribution in [3.8, 4) is 5.75 Å². The van der Waals surface area contributed by atoms with Crippen LogP contribution in [0.15, 0.2) is 53.5 Å². The zero-order chi connectivity index (χ0) is 22.1. The van der Waals surface area contributed by atoms with Gasteiger partial charge in [-0.05, 0) is 23.8 Å². The van der Waals surface area contributed by atoms with Gasteiger partial charge in [0.2, 0.25) is 0 Å². The third-order valence-electron chi connectivity index (χ3n) is 5.06. The fraction of sp³-hybridized carbons (Fsp3) is 0.409. The summed E-state index contributed by atoms with van der Waals surface area (Å²) in [5.41, 5.74) is 1.58. The highest BCUT2D eigenvalue weighted by Crippen LogP contribution is 2.22. The van der Waals surface area contributed by atoms with E-state index in [-0.39, 0.29) is 48.1 Å². The van der Waals surface area contributed by atoms with E-state index in [9.17, 15) is 13.2 Å². The number of guanidine groups is 1. The third kappa shape index (κ3) is 7.82. The van der Waals surface area contributed by atoms with E-state index in [1.54, 1.807) is 37.4 Å². The van der Waals surface area contributed by atoms with Crippen molar-refractivity contribution >= 4 is 29.9 Å². The molecule has 0 amide bonds. The average Bonchev–Trinajstić information content (AvgIpc) is 2.78. The second-order valence-electron chi connectivity index (χ2n) is 7.01. The first-order valence-electron chi connectivity index (χ1n) is 10.1. The van der Waals surface area contributed by atoms with Crippen LogP contribution in [0, 0.1) is 5.82 Å². The van der Waals surface area contributed by atoms with E-state index in [1.807, 2.05) is 0 Å². The Labute approximate surface area is 203 Å². The topological polar surface area (TPSA) is 58.1 Å². The molecule has 2 aromatic carbocycles. The molecule has 1 atom stereocenters. The number of nitrogens with zero attached hydrogens (tertiary/aromatic N) is 2. The molecule has 32 heavy (non-hydrogen) atoms. The van der Waals surface area contributed by atoms with Gasteiger partial charge in [-0.2, -0.15) is 8.78 Å². The Morgan fingerprint density at radius 1 is 1.09 bits per heavy atom. The van der Waals surface area contributed by atoms with Gasteiger partial charge in [-0.25, -0.2) is 4.39 Å². The quantitative estimate of drug-likeness (QED) is 0.291. The number of hydrogen-bond acceptors (Lipinski definition) is 4. The van der Waals surface area contributed by atoms with Crippen LogP contribution in [-0.2, 0) is 11.3 Å². The molecule has 2 N–H and O–H groups in total. The number of morpholine rings is 1. The first-order valence-corrected chi connectivity index (χ1v) is 10.1. The average molecular weight is 564 g/mol. The normalized spacial score (nSPS) is 15.7. The standard InChI is InChI=1S/C22H27F3N4O2.HI/c1-26-22(27-14-17-4-2-3-5-20(17)31-21(24)25)28-15-19(29-10-12-30-13-11-29)16-6-8-18(23)9-7-16;/h2-9,19,21H,10-15H2,1H3,(H2,26,27,28);1H. The molecule has 0 radical (unpaired) electrons. The van der Waals surface area contributed by atoms with Crippen molar-refractivity contribution in [3.05, 3.63) is 65.5 Å². The van der Waals surface area contributed by atoms with E-state index in [0.29, 0.717) is 31.3 Å². The Balaban J connectivity index is 0.00000363. The predicted octanol–water partition coefficient (Wildman–Crippen LogP) is 3.78. The molecule has 0 saturated carbocycles. The molecule has 1 saturated heterocycles. The zero-order valence-corrected chi connectivity index (χ0v) is 20.1. The minimum Gasteiger partial charge on any atom is -0.434 e. The maximum atomic E-state index is 13.4. The van der Waals surface area contributed by atoms with Crippen molar-refractivity contribution < 1.29 is 22.6 Å². The van der Waals surface area contributed by atoms with Crippen LogP contribution in [0.4, 0.5) is 13.2 Å². The molecular weight excluding hydrogens is 536 g/mol. The van der Waals surface area contributed by atoms with Crippen molar-refractivity contribution in [3.63, 3.8) is 0 Å². The second kappa shape index (κ2) is 13.5. The van der Waals surface area contributed by atoms with Gasteiger partial charge in [0.25, 0.3) is 0 Å². The van der Waals surface area contributed by atoms with Crippen LogP contribution in [0.25, 0.3) is 0 Å². The van der Waals surface area contributed by atoms with Gasteiger partial charge in [0.1, 0.15) is 11.6 Å². The van der Waals surface area contributed by atoms with Crippen molar-refractivity contribution in [1.82, 2.24) is 15.5 Å². The van der Waals surface area contributed by atoms with Gasteiger partial charge in [-0.3, -0.25) is 9.89 Å². The molecule has 0 spiro atoms. The van der Waals surface area contributed by atoms with Crippen molar-refractivity contribution in [1.29, 1.82) is 0 Å². The summed E-state index contributed by atoms with van der Waals surface area (Å²) in [6, 6.07) is 13.1. The molecular formula is C22H28F3IN4O2. The number of para-hydroxylation sites is 1. The van der Waals surface area contributed by atoms with Crippen LogP contribution in [0.5, 0.6) is 5.75 Å². The first kappa shape index (κ1) is 26.2. The van der Waals surface area contributed by atoms with E-state index in [2.05, 4.69) is 25.3 Å². The van der Waals surface area contributed by atoms with Crippen LogP contribution in [0.2, 0.25) is 0 Å². The highest BCUT2D eigenvalue weighted by Gasteiger charge is 2.23. The Hall–Kier alpha value is -2.05. The lowest BCUT2D eigenvalue weighted by Crippen LogP contribution is -2.46. The zero-order valence-electron chi connectivity index (χ0n) is 17.8. The van der Waals surface area contributed by atoms with E-state index in [1.165, 1.54) is 18.2 Å². The summed E-state index contributed by atoms with van der Waals surface area (Å²) >= 11 is 0. The van der Waals surface area contributed by atoms with Crippen molar-refractivity contribution in [2.24, 2.45) is 4.99 Å². The van der Waals surface area contributed by atoms with Crippen LogP contribution in [-0.4, -0.2) is 57.4 Å². The number of alkyl halides is 2. The molecule has 6 nitrogen and oxygen atoms in total. The number of rotatable bonds is 8. The summed E-state index contributed by atoms with van der Waals surface area (Å²) in [5, 5.41) is 6.41. The molecule has 176 valence electrons. The highest BCUT2D eigenvalue weighted by atomic mass is 127. The Morgan fingerprint density at radius 3 is 2.44 bits per heavy atom. The lowest BCUT2D eigenvalue weighted by Gasteiger charge is -2.35. The molecule has 3 rings (SSSR count). The van der Waals surface area contributed by atoms with Crippen LogP contribution in [0.1, 0.15) is 17.2 Å². The molecule has 0 aromatic heterocycles. The van der Waals surface area contributed by atoms with Crippen molar-refractivity contribution in [2.75, 3.05) is 39.9 Å². The third-order valence-corrected chi connectivity index (χ3v) is 5.06. The van der Waals surface area contributed by atoms with E-state index >= 15 is 0 Å². The van der Waals surface area contributed by atoms with Gasteiger partial charge in [-0.1, -0.05) is 30.3 Å². The Kier molecular flexibility index (Phi) is 11.0. The number of hydrogen-bond donors (Lipinski definition) is 2. The smallest absolute Gasteiger partial charge is 0.387 e. The van der Waals surface area contributed by atoms with E-state index < -0.39 is 6.61 Å². The van der Waals surface area contributed by atoms with Gasteiger partial charge in [0, 0.05) is 38.8 Å². The monoisotopic (exact) mass is 564 g/mol. The SMILES string of the molecule is CN=C(NCc1ccccc1OC(F)F)NCC(c1ccc(F)cc1)N1CCOCC1.I. The summed E-state index contributed by atoms with van der Waals surface area (Å²) in [5.74, 6) is 0.366. The van der Waals surface area contributed by atoms with Gasteiger partial charge in [0.05, 0.1) is 19.3 Å². The number of benzene rings is 2. The lowest BCUT2D eigenvalue weighted by molar-refractivity contribution is -0.0504. The molecule has 2 aromatic rings. The molecule has 1 aliphatic rings. The van der Waals surface area contributed by atoms with Gasteiger partial charge >= 0.3 is 6.61 Å². The molecule has 0 aliphatic carbocycles. The Bertz CT molecular complexity index is 849. The summed E-state index contributed by atoms with van der Waals surface area (Å²) in [7, 11) is 1.64. The molecule has 1 fully saturated rings. The van der Waals surface area contributed by atoms with Crippen LogP contribution >= 0.6 is 24.0 Å². The number of ether oxygens (including phenoxy) is 2. The minimum absolute atomic E-state index is 0. The summed E-state index contributed by atoms with van der Waals surface area (Å²) < 4.78 is 48.7. The number of halogens is 4. The first-order chi connectivity index (χ1) is 15.1. The summed E-state index contributed by atoms with van der Waals surface area (Å²) in [6.07, 6.45) is 0. The second-order valence-corrected chi connectivity index (χ2v) is 7.01. The summed E-state index contributed by atoms with van der Waals surface area (Å²) in [6.45, 7) is 0.741. The molecule has 0 bridgehead atoms. The highest BCUT2D eigenvalue weighted by molar-refractivity contribution is 14.0. The maximum absolute atomic E-state index is 13.4. The number of aliphatic imine (C=N–C) groups is 1. The van der Waals surface area contributed by atoms with E-state index in [0.717, 1.165) is 18.7 Å². The predicted molar refractivity (Wildman–Crippen MR) is 128 cm³/mol. The molecule has 10 heteroatoms. The van der Waals surface area contributed by atoms with Gasteiger partial charge in [0.15, 0.2) is 5.96 Å².